The van der Waals surface area contributed by atoms with E-state index in [9.17, 15) is 13.2 Å². The van der Waals surface area contributed by atoms with Gasteiger partial charge in [-0.2, -0.15) is 4.31 Å². The highest BCUT2D eigenvalue weighted by Gasteiger charge is 2.50. The van der Waals surface area contributed by atoms with Gasteiger partial charge in [-0.15, -0.1) is 0 Å². The average Bonchev–Trinajstić information content (AvgIpc) is 3.73. The number of halogens is 1. The van der Waals surface area contributed by atoms with Crippen LogP contribution in [0, 0.1) is 0 Å². The molecule has 7 heteroatoms. The van der Waals surface area contributed by atoms with Crippen LogP contribution in [0.25, 0.3) is 0 Å². The van der Waals surface area contributed by atoms with Crippen LogP contribution in [0.2, 0.25) is 5.02 Å². The Hall–Kier alpha value is -3.32. The first-order chi connectivity index (χ1) is 17.9. The van der Waals surface area contributed by atoms with Crippen LogP contribution in [0.4, 0.5) is 0 Å². The minimum absolute atomic E-state index is 0.131. The second-order valence-corrected chi connectivity index (χ2v) is 11.8. The van der Waals surface area contributed by atoms with Crippen molar-refractivity contribution in [1.29, 1.82) is 0 Å². The van der Waals surface area contributed by atoms with E-state index in [0.29, 0.717) is 17.1 Å². The van der Waals surface area contributed by atoms with Crippen LogP contribution in [0.15, 0.2) is 108 Å². The molecule has 0 radical (unpaired) electrons. The molecule has 1 aromatic heterocycles. The Kier molecular flexibility index (Phi) is 7.24. The molecule has 0 spiro atoms. The number of sulfonamides is 1. The molecule has 1 heterocycles. The van der Waals surface area contributed by atoms with E-state index in [2.05, 4.69) is 4.98 Å². The highest BCUT2D eigenvalue weighted by molar-refractivity contribution is 7.89. The smallest absolute Gasteiger partial charge is 0.243 e. The Balaban J connectivity index is 1.34. The average molecular weight is 531 g/mol. The van der Waals surface area contributed by atoms with Gasteiger partial charge in [-0.25, -0.2) is 8.42 Å². The Morgan fingerprint density at radius 3 is 2.08 bits per heavy atom. The summed E-state index contributed by atoms with van der Waals surface area (Å²) in [7, 11) is -3.80. The van der Waals surface area contributed by atoms with Crippen molar-refractivity contribution in [3.63, 3.8) is 0 Å². The van der Waals surface area contributed by atoms with Crippen LogP contribution in [-0.4, -0.2) is 23.5 Å². The first-order valence-corrected chi connectivity index (χ1v) is 14.0. The largest absolute Gasteiger partial charge is 0.298 e. The Morgan fingerprint density at radius 2 is 1.46 bits per heavy atom. The molecule has 5 nitrogen and oxygen atoms in total. The lowest BCUT2D eigenvalue weighted by molar-refractivity contribution is -0.120. The second kappa shape index (κ2) is 10.6. The summed E-state index contributed by atoms with van der Waals surface area (Å²) in [6, 6.07) is 29.2. The number of aromatic nitrogens is 1. The first kappa shape index (κ1) is 25.3. The molecule has 1 fully saturated rings. The van der Waals surface area contributed by atoms with Gasteiger partial charge in [-0.3, -0.25) is 9.78 Å². The highest BCUT2D eigenvalue weighted by Crippen LogP contribution is 2.49. The van der Waals surface area contributed by atoms with Gasteiger partial charge < -0.3 is 0 Å². The molecule has 37 heavy (non-hydrogen) atoms. The number of nitrogens with zero attached hydrogens (tertiary/aromatic N) is 2. The van der Waals surface area contributed by atoms with E-state index in [1.807, 2.05) is 60.7 Å². The number of hydrogen-bond donors (Lipinski definition) is 0. The topological polar surface area (TPSA) is 67.3 Å². The zero-order valence-corrected chi connectivity index (χ0v) is 21.8. The lowest BCUT2D eigenvalue weighted by atomic mass is 9.88. The summed E-state index contributed by atoms with van der Waals surface area (Å²) in [4.78, 5) is 17.7. The Labute approximate surface area is 222 Å². The van der Waals surface area contributed by atoms with Crippen LogP contribution in [0.3, 0.4) is 0 Å². The van der Waals surface area contributed by atoms with E-state index in [0.717, 1.165) is 29.5 Å². The molecule has 188 valence electrons. The van der Waals surface area contributed by atoms with Crippen LogP contribution >= 0.6 is 11.6 Å². The maximum atomic E-state index is 13.5. The van der Waals surface area contributed by atoms with Gasteiger partial charge in [-0.05, 0) is 65.9 Å². The third-order valence-electron chi connectivity index (χ3n) is 6.87. The molecule has 1 saturated carbocycles. The number of Topliss-reactive ketones (excluding diaryl/α,β-unsaturated/α-hetero) is 1. The van der Waals surface area contributed by atoms with Crippen molar-refractivity contribution in [2.45, 2.75) is 42.7 Å². The number of carbonyl (C=O) groups is 1. The number of pyridine rings is 1. The van der Waals surface area contributed by atoms with E-state index in [1.165, 1.54) is 16.4 Å². The molecule has 0 unspecified atom stereocenters. The maximum absolute atomic E-state index is 13.5. The quantitative estimate of drug-likeness (QED) is 0.253. The fraction of sp³-hybridized carbons (Fsp3) is 0.200. The van der Waals surface area contributed by atoms with Gasteiger partial charge in [0.25, 0.3) is 0 Å². The van der Waals surface area contributed by atoms with Crippen molar-refractivity contribution in [2.75, 3.05) is 0 Å². The molecule has 0 bridgehead atoms. The van der Waals surface area contributed by atoms with Crippen molar-refractivity contribution in [3.8, 4) is 0 Å². The minimum Gasteiger partial charge on any atom is -0.298 e. The molecule has 0 saturated heterocycles. The van der Waals surface area contributed by atoms with Gasteiger partial charge in [0.05, 0.1) is 22.5 Å². The maximum Gasteiger partial charge on any atom is 0.243 e. The Morgan fingerprint density at radius 1 is 0.811 bits per heavy atom. The predicted molar refractivity (Wildman–Crippen MR) is 145 cm³/mol. The van der Waals surface area contributed by atoms with Crippen molar-refractivity contribution in [3.05, 3.63) is 131 Å². The van der Waals surface area contributed by atoms with Crippen molar-refractivity contribution in [2.24, 2.45) is 0 Å². The summed E-state index contributed by atoms with van der Waals surface area (Å²) in [5, 5.41) is 0.473. The molecule has 5 rings (SSSR count). The number of ketones is 1. The van der Waals surface area contributed by atoms with Gasteiger partial charge in [0.2, 0.25) is 10.0 Å². The van der Waals surface area contributed by atoms with E-state index >= 15 is 0 Å². The van der Waals surface area contributed by atoms with Gasteiger partial charge >= 0.3 is 0 Å². The van der Waals surface area contributed by atoms with Gasteiger partial charge in [0, 0.05) is 24.2 Å². The lowest BCUT2D eigenvalue weighted by Crippen LogP contribution is -2.30. The van der Waals surface area contributed by atoms with E-state index in [1.54, 1.807) is 30.5 Å². The predicted octanol–water partition coefficient (Wildman–Crippen LogP) is 5.97. The van der Waals surface area contributed by atoms with Crippen molar-refractivity contribution < 1.29 is 13.2 Å². The lowest BCUT2D eigenvalue weighted by Gasteiger charge is -2.22. The molecular weight excluding hydrogens is 504 g/mol. The molecule has 0 N–H and O–H groups in total. The molecule has 0 amide bonds. The third kappa shape index (κ3) is 5.67. The zero-order chi connectivity index (χ0) is 25.9. The van der Waals surface area contributed by atoms with Gasteiger partial charge in [0.15, 0.2) is 0 Å². The summed E-state index contributed by atoms with van der Waals surface area (Å²) in [6.07, 6.45) is 3.78. The highest BCUT2D eigenvalue weighted by atomic mass is 35.5. The normalized spacial score (nSPS) is 14.4. The summed E-state index contributed by atoms with van der Waals surface area (Å²) in [5.41, 5.74) is 3.14. The SMILES string of the molecule is O=C(Cc1ccc(CN(Cc2ccccn2)S(=O)(=O)c2ccc(Cl)cc2)cc1)C1(c2ccccc2)CC1. The third-order valence-corrected chi connectivity index (χ3v) is 8.93. The Bertz CT molecular complexity index is 1470. The molecule has 3 aromatic carbocycles. The summed E-state index contributed by atoms with van der Waals surface area (Å²) >= 11 is 5.98. The molecule has 1 aliphatic carbocycles. The fourth-order valence-corrected chi connectivity index (χ4v) is 6.11. The van der Waals surface area contributed by atoms with E-state index in [4.69, 9.17) is 11.6 Å². The monoisotopic (exact) mass is 530 g/mol. The number of carbonyl (C=O) groups excluding carboxylic acids is 1. The summed E-state index contributed by atoms with van der Waals surface area (Å²) in [5.74, 6) is 0.230. The molecule has 0 aliphatic heterocycles. The zero-order valence-electron chi connectivity index (χ0n) is 20.3. The number of hydrogen-bond acceptors (Lipinski definition) is 4. The standard InChI is InChI=1S/C30H27ClN2O3S/c31-26-13-15-28(16-14-26)37(35,36)33(22-27-8-4-5-19-32-27)21-24-11-9-23(10-12-24)20-29(34)30(17-18-30)25-6-2-1-3-7-25/h1-16,19H,17-18,20-22H2. The summed E-state index contributed by atoms with van der Waals surface area (Å²) in [6.45, 7) is 0.301. The fourth-order valence-electron chi connectivity index (χ4n) is 4.59. The van der Waals surface area contributed by atoms with Crippen molar-refractivity contribution >= 4 is 27.4 Å². The number of benzene rings is 3. The summed E-state index contributed by atoms with van der Waals surface area (Å²) < 4.78 is 28.5. The van der Waals surface area contributed by atoms with E-state index in [-0.39, 0.29) is 29.2 Å². The molecule has 1 aliphatic rings. The minimum atomic E-state index is -3.80. The first-order valence-electron chi connectivity index (χ1n) is 12.2. The van der Waals surface area contributed by atoms with Crippen LogP contribution in [-0.2, 0) is 39.7 Å². The van der Waals surface area contributed by atoms with E-state index < -0.39 is 10.0 Å². The van der Waals surface area contributed by atoms with Crippen LogP contribution in [0.5, 0.6) is 0 Å². The molecular formula is C30H27ClN2O3S. The van der Waals surface area contributed by atoms with Crippen LogP contribution in [0.1, 0.15) is 35.2 Å². The molecule has 4 aromatic rings. The molecule has 0 atom stereocenters. The number of rotatable bonds is 10. The second-order valence-electron chi connectivity index (χ2n) is 9.41. The van der Waals surface area contributed by atoms with Gasteiger partial charge in [-0.1, -0.05) is 72.3 Å². The van der Waals surface area contributed by atoms with Gasteiger partial charge in [0.1, 0.15) is 5.78 Å². The van der Waals surface area contributed by atoms with Crippen molar-refractivity contribution in [1.82, 2.24) is 9.29 Å². The van der Waals surface area contributed by atoms with Crippen LogP contribution < -0.4 is 0 Å².